The van der Waals surface area contributed by atoms with Crippen LogP contribution in [-0.2, 0) is 6.42 Å². The summed E-state index contributed by atoms with van der Waals surface area (Å²) < 4.78 is 4.88. The number of H-pyrrole nitrogens is 1. The van der Waals surface area contributed by atoms with E-state index < -0.39 is 17.1 Å². The Morgan fingerprint density at radius 2 is 2.17 bits per heavy atom. The van der Waals surface area contributed by atoms with Gasteiger partial charge >= 0.3 is 0 Å². The predicted molar refractivity (Wildman–Crippen MR) is 84.2 cm³/mol. The molecule has 1 amide bonds. The van der Waals surface area contributed by atoms with E-state index in [9.17, 15) is 9.59 Å². The molecule has 4 N–H and O–H groups in total. The lowest BCUT2D eigenvalue weighted by Crippen LogP contribution is -2.26. The summed E-state index contributed by atoms with van der Waals surface area (Å²) in [5.41, 5.74) is 1.12. The van der Waals surface area contributed by atoms with Gasteiger partial charge in [-0.1, -0.05) is 0 Å². The van der Waals surface area contributed by atoms with Crippen LogP contribution in [0.5, 0.6) is 11.5 Å². The SMILES string of the molecule is O=C(NCCc1c[nH]c2ccc(OO)cc12)c1cc(=O)c(O)co1. The van der Waals surface area contributed by atoms with Crippen molar-refractivity contribution in [2.75, 3.05) is 6.54 Å². The molecule has 2 aromatic heterocycles. The molecular formula is C16H14N2O6. The summed E-state index contributed by atoms with van der Waals surface area (Å²) in [6, 6.07) is 6.01. The first-order valence-corrected chi connectivity index (χ1v) is 7.10. The zero-order valence-corrected chi connectivity index (χ0v) is 12.4. The van der Waals surface area contributed by atoms with Gasteiger partial charge in [0.25, 0.3) is 5.91 Å². The van der Waals surface area contributed by atoms with Crippen molar-refractivity contribution in [1.29, 1.82) is 0 Å². The lowest BCUT2D eigenvalue weighted by Gasteiger charge is -2.04. The van der Waals surface area contributed by atoms with E-state index in [1.54, 1.807) is 24.4 Å². The molecule has 8 nitrogen and oxygen atoms in total. The number of hydrogen-bond acceptors (Lipinski definition) is 6. The fourth-order valence-electron chi connectivity index (χ4n) is 2.34. The molecule has 0 fully saturated rings. The number of carbonyl (C=O) groups is 1. The smallest absolute Gasteiger partial charge is 0.287 e. The first-order chi connectivity index (χ1) is 11.6. The van der Waals surface area contributed by atoms with E-state index in [0.717, 1.165) is 28.8 Å². The summed E-state index contributed by atoms with van der Waals surface area (Å²) in [6.45, 7) is 0.306. The molecular weight excluding hydrogens is 316 g/mol. The Morgan fingerprint density at radius 1 is 1.33 bits per heavy atom. The van der Waals surface area contributed by atoms with Crippen LogP contribution >= 0.6 is 0 Å². The number of amides is 1. The largest absolute Gasteiger partial charge is 0.502 e. The van der Waals surface area contributed by atoms with Crippen LogP contribution in [0.3, 0.4) is 0 Å². The van der Waals surface area contributed by atoms with Crippen molar-refractivity contribution in [3.8, 4) is 11.5 Å². The molecule has 0 atom stereocenters. The fraction of sp³-hybridized carbons (Fsp3) is 0.125. The molecule has 8 heteroatoms. The fourth-order valence-corrected chi connectivity index (χ4v) is 2.34. The Morgan fingerprint density at radius 3 is 2.92 bits per heavy atom. The van der Waals surface area contributed by atoms with E-state index in [1.807, 2.05) is 0 Å². The Labute approximate surface area is 135 Å². The molecule has 0 radical (unpaired) electrons. The minimum absolute atomic E-state index is 0.173. The average Bonchev–Trinajstić information content (AvgIpc) is 2.99. The molecule has 1 aromatic carbocycles. The van der Waals surface area contributed by atoms with Crippen LogP contribution in [-0.4, -0.2) is 27.8 Å². The molecule has 0 saturated carbocycles. The van der Waals surface area contributed by atoms with Gasteiger partial charge in [0, 0.05) is 29.7 Å². The Balaban J connectivity index is 1.67. The Bertz CT molecular complexity index is 943. The van der Waals surface area contributed by atoms with E-state index in [4.69, 9.17) is 14.8 Å². The monoisotopic (exact) mass is 330 g/mol. The highest BCUT2D eigenvalue weighted by Gasteiger charge is 2.11. The molecule has 3 aromatic rings. The van der Waals surface area contributed by atoms with Crippen molar-refractivity contribution in [2.45, 2.75) is 6.42 Å². The lowest BCUT2D eigenvalue weighted by molar-refractivity contribution is -0.137. The van der Waals surface area contributed by atoms with Gasteiger partial charge in [0.2, 0.25) is 5.43 Å². The van der Waals surface area contributed by atoms with Crippen molar-refractivity contribution in [3.63, 3.8) is 0 Å². The van der Waals surface area contributed by atoms with Gasteiger partial charge in [-0.2, -0.15) is 0 Å². The zero-order valence-electron chi connectivity index (χ0n) is 12.4. The second-order valence-corrected chi connectivity index (χ2v) is 5.11. The Hall–Kier alpha value is -3.26. The molecule has 0 aliphatic heterocycles. The van der Waals surface area contributed by atoms with E-state index >= 15 is 0 Å². The van der Waals surface area contributed by atoms with Crippen LogP contribution in [0.25, 0.3) is 10.9 Å². The van der Waals surface area contributed by atoms with Gasteiger partial charge in [-0.25, -0.2) is 5.26 Å². The highest BCUT2D eigenvalue weighted by Crippen LogP contribution is 2.23. The van der Waals surface area contributed by atoms with Crippen LogP contribution in [0.1, 0.15) is 16.1 Å². The first kappa shape index (κ1) is 15.6. The molecule has 0 saturated heterocycles. The van der Waals surface area contributed by atoms with E-state index in [0.29, 0.717) is 18.7 Å². The first-order valence-electron chi connectivity index (χ1n) is 7.10. The summed E-state index contributed by atoms with van der Waals surface area (Å²) >= 11 is 0. The van der Waals surface area contributed by atoms with E-state index in [-0.39, 0.29) is 5.76 Å². The number of nitrogens with one attached hydrogen (secondary N) is 2. The van der Waals surface area contributed by atoms with Crippen LogP contribution in [0, 0.1) is 0 Å². The molecule has 0 unspecified atom stereocenters. The van der Waals surface area contributed by atoms with E-state index in [2.05, 4.69) is 15.2 Å². The van der Waals surface area contributed by atoms with Gasteiger partial charge in [0.1, 0.15) is 6.26 Å². The number of benzene rings is 1. The van der Waals surface area contributed by atoms with Gasteiger partial charge in [-0.15, -0.1) is 0 Å². The minimum Gasteiger partial charge on any atom is -0.502 e. The number of aromatic amines is 1. The topological polar surface area (TPSA) is 125 Å². The number of rotatable bonds is 5. The van der Waals surface area contributed by atoms with Crippen molar-refractivity contribution >= 4 is 16.8 Å². The molecule has 0 aliphatic carbocycles. The number of aromatic nitrogens is 1. The second kappa shape index (κ2) is 6.47. The predicted octanol–water partition coefficient (Wildman–Crippen LogP) is 1.65. The molecule has 0 bridgehead atoms. The summed E-state index contributed by atoms with van der Waals surface area (Å²) in [7, 11) is 0. The molecule has 124 valence electrons. The third-order valence-electron chi connectivity index (χ3n) is 3.56. The average molecular weight is 330 g/mol. The highest BCUT2D eigenvalue weighted by molar-refractivity contribution is 5.91. The molecule has 3 rings (SSSR count). The normalized spacial score (nSPS) is 10.7. The van der Waals surface area contributed by atoms with Crippen molar-refractivity contribution in [1.82, 2.24) is 10.3 Å². The number of aromatic hydroxyl groups is 1. The molecule has 0 aliphatic rings. The second-order valence-electron chi connectivity index (χ2n) is 5.11. The summed E-state index contributed by atoms with van der Waals surface area (Å²) in [4.78, 5) is 30.5. The van der Waals surface area contributed by atoms with E-state index in [1.165, 1.54) is 0 Å². The Kier molecular flexibility index (Phi) is 4.21. The van der Waals surface area contributed by atoms with Gasteiger partial charge < -0.3 is 24.7 Å². The maximum absolute atomic E-state index is 11.9. The molecule has 2 heterocycles. The van der Waals surface area contributed by atoms with Gasteiger partial charge in [-0.3, -0.25) is 9.59 Å². The quantitative estimate of drug-likeness (QED) is 0.416. The zero-order chi connectivity index (χ0) is 17.1. The molecule has 0 spiro atoms. The minimum atomic E-state index is -0.681. The van der Waals surface area contributed by atoms with Crippen molar-refractivity contribution in [3.05, 3.63) is 58.3 Å². The standard InChI is InChI=1S/C16H14N2O6/c19-13-6-15(23-8-14(13)20)16(21)17-4-3-9-7-18-12-2-1-10(24-22)5-11(9)12/h1-2,5-8,18,20,22H,3-4H2,(H,17,21). The maximum atomic E-state index is 11.9. The number of fused-ring (bicyclic) bond motifs is 1. The lowest BCUT2D eigenvalue weighted by atomic mass is 10.1. The van der Waals surface area contributed by atoms with Gasteiger partial charge in [-0.05, 0) is 30.2 Å². The van der Waals surface area contributed by atoms with Crippen LogP contribution in [0.15, 0.2) is 45.9 Å². The molecule has 24 heavy (non-hydrogen) atoms. The van der Waals surface area contributed by atoms with Crippen molar-refractivity contribution < 1.29 is 24.5 Å². The maximum Gasteiger partial charge on any atom is 0.287 e. The van der Waals surface area contributed by atoms with Crippen LogP contribution < -0.4 is 15.6 Å². The van der Waals surface area contributed by atoms with Crippen LogP contribution in [0.2, 0.25) is 0 Å². The van der Waals surface area contributed by atoms with Gasteiger partial charge in [0.15, 0.2) is 17.3 Å². The third kappa shape index (κ3) is 3.08. The number of hydrogen-bond donors (Lipinski definition) is 4. The third-order valence-corrected chi connectivity index (χ3v) is 3.56. The summed E-state index contributed by atoms with van der Waals surface area (Å²) in [5.74, 6) is -0.954. The van der Waals surface area contributed by atoms with Crippen LogP contribution in [0.4, 0.5) is 0 Å². The number of carbonyl (C=O) groups excluding carboxylic acids is 1. The summed E-state index contributed by atoms with van der Waals surface area (Å²) in [6.07, 6.45) is 3.15. The highest BCUT2D eigenvalue weighted by atomic mass is 17.1. The summed E-state index contributed by atoms with van der Waals surface area (Å²) in [5, 5.41) is 21.3. The van der Waals surface area contributed by atoms with Crippen molar-refractivity contribution in [2.24, 2.45) is 0 Å². The van der Waals surface area contributed by atoms with Gasteiger partial charge in [0.05, 0.1) is 0 Å².